The average Bonchev–Trinajstić information content (AvgIpc) is 2.61. The molecule has 0 saturated carbocycles. The van der Waals surface area contributed by atoms with Crippen molar-refractivity contribution < 1.29 is 14.3 Å². The highest BCUT2D eigenvalue weighted by molar-refractivity contribution is 5.85. The first-order chi connectivity index (χ1) is 11.3. The van der Waals surface area contributed by atoms with E-state index in [2.05, 4.69) is 0 Å². The van der Waals surface area contributed by atoms with Gasteiger partial charge in [-0.3, -0.25) is 4.79 Å². The number of hydrogen-bond donors (Lipinski definition) is 1. The number of ether oxygens (including phenoxy) is 2. The second-order valence-corrected chi connectivity index (χ2v) is 6.27. The van der Waals surface area contributed by atoms with Gasteiger partial charge in [-0.05, 0) is 38.3 Å². The fourth-order valence-electron chi connectivity index (χ4n) is 3.40. The molecule has 2 aliphatic rings. The number of piperidine rings is 1. The van der Waals surface area contributed by atoms with Crippen LogP contribution in [0.2, 0.25) is 0 Å². The maximum Gasteiger partial charge on any atom is 0.230 e. The number of hydrogen-bond acceptors (Lipinski definition) is 4. The molecule has 1 saturated heterocycles. The summed E-state index contributed by atoms with van der Waals surface area (Å²) in [5.74, 6) is 1.04. The summed E-state index contributed by atoms with van der Waals surface area (Å²) >= 11 is 0. The van der Waals surface area contributed by atoms with Crippen molar-refractivity contribution in [2.75, 3.05) is 32.8 Å². The molecule has 0 aliphatic carbocycles. The number of nitrogens with zero attached hydrogens (tertiary/aromatic N) is 1. The van der Waals surface area contributed by atoms with Crippen LogP contribution in [-0.4, -0.2) is 49.8 Å². The van der Waals surface area contributed by atoms with Crippen LogP contribution < -0.4 is 10.5 Å². The molecule has 126 valence electrons. The molecule has 0 spiro atoms. The minimum absolute atomic E-state index is 0.0605. The standard InChI is InChI=1S/C18H26N2O3/c19-9-3-12-22-14-6-10-20(11-7-14)18(21)16-8-13-23-17-5-2-1-4-15(16)17/h1-2,4-5,14,16H,3,6-13,19H2. The number of carbonyl (C=O) groups excluding carboxylic acids is 1. The number of amides is 1. The Morgan fingerprint density at radius 3 is 2.83 bits per heavy atom. The third-order valence-electron chi connectivity index (χ3n) is 4.71. The van der Waals surface area contributed by atoms with Gasteiger partial charge >= 0.3 is 0 Å². The normalized spacial score (nSPS) is 21.6. The third kappa shape index (κ3) is 3.85. The Morgan fingerprint density at radius 1 is 1.26 bits per heavy atom. The lowest BCUT2D eigenvalue weighted by atomic mass is 9.91. The van der Waals surface area contributed by atoms with Crippen molar-refractivity contribution in [3.8, 4) is 5.75 Å². The highest BCUT2D eigenvalue weighted by Gasteiger charge is 2.32. The minimum Gasteiger partial charge on any atom is -0.493 e. The molecule has 1 aromatic carbocycles. The lowest BCUT2D eigenvalue weighted by Gasteiger charge is -2.35. The SMILES string of the molecule is NCCCOC1CCN(C(=O)C2CCOc3ccccc32)CC1. The Kier molecular flexibility index (Phi) is 5.51. The topological polar surface area (TPSA) is 64.8 Å². The van der Waals surface area contributed by atoms with Gasteiger partial charge in [-0.1, -0.05) is 18.2 Å². The number of benzene rings is 1. The Bertz CT molecular complexity index is 527. The van der Waals surface area contributed by atoms with Crippen molar-refractivity contribution in [2.24, 2.45) is 5.73 Å². The van der Waals surface area contributed by atoms with E-state index in [1.807, 2.05) is 29.2 Å². The van der Waals surface area contributed by atoms with Crippen LogP contribution in [0, 0.1) is 0 Å². The maximum absolute atomic E-state index is 12.9. The zero-order chi connectivity index (χ0) is 16.1. The van der Waals surface area contributed by atoms with Gasteiger partial charge in [-0.2, -0.15) is 0 Å². The van der Waals surface area contributed by atoms with Gasteiger partial charge in [0.05, 0.1) is 18.6 Å². The van der Waals surface area contributed by atoms with Crippen LogP contribution in [0.5, 0.6) is 5.75 Å². The second-order valence-electron chi connectivity index (χ2n) is 6.27. The summed E-state index contributed by atoms with van der Waals surface area (Å²) in [6.45, 7) is 3.58. The van der Waals surface area contributed by atoms with Gasteiger partial charge in [0.25, 0.3) is 0 Å². The van der Waals surface area contributed by atoms with Crippen LogP contribution >= 0.6 is 0 Å². The monoisotopic (exact) mass is 318 g/mol. The van der Waals surface area contributed by atoms with Crippen molar-refractivity contribution in [3.63, 3.8) is 0 Å². The van der Waals surface area contributed by atoms with Crippen molar-refractivity contribution in [1.82, 2.24) is 4.90 Å². The molecule has 2 N–H and O–H groups in total. The molecule has 1 aromatic rings. The van der Waals surface area contributed by atoms with Gasteiger partial charge in [0.1, 0.15) is 5.75 Å². The van der Waals surface area contributed by atoms with Crippen LogP contribution in [0.15, 0.2) is 24.3 Å². The van der Waals surface area contributed by atoms with Crippen molar-refractivity contribution in [1.29, 1.82) is 0 Å². The number of nitrogens with two attached hydrogens (primary N) is 1. The Morgan fingerprint density at radius 2 is 2.04 bits per heavy atom. The fourth-order valence-corrected chi connectivity index (χ4v) is 3.40. The minimum atomic E-state index is -0.0605. The molecular weight excluding hydrogens is 292 g/mol. The highest BCUT2D eigenvalue weighted by atomic mass is 16.5. The average molecular weight is 318 g/mol. The molecule has 1 fully saturated rings. The molecule has 5 heteroatoms. The predicted molar refractivity (Wildman–Crippen MR) is 88.5 cm³/mol. The molecule has 1 unspecified atom stereocenters. The zero-order valence-corrected chi connectivity index (χ0v) is 13.6. The first-order valence-electron chi connectivity index (χ1n) is 8.62. The summed E-state index contributed by atoms with van der Waals surface area (Å²) in [5, 5.41) is 0. The summed E-state index contributed by atoms with van der Waals surface area (Å²) in [5.41, 5.74) is 6.52. The Labute approximate surface area is 137 Å². The van der Waals surface area contributed by atoms with Gasteiger partial charge in [0, 0.05) is 25.3 Å². The second kappa shape index (κ2) is 7.79. The Balaban J connectivity index is 1.56. The van der Waals surface area contributed by atoms with Crippen LogP contribution in [0.3, 0.4) is 0 Å². The molecule has 23 heavy (non-hydrogen) atoms. The number of rotatable bonds is 5. The van der Waals surface area contributed by atoms with E-state index in [4.69, 9.17) is 15.2 Å². The zero-order valence-electron chi connectivity index (χ0n) is 13.6. The van der Waals surface area contributed by atoms with Gasteiger partial charge in [-0.25, -0.2) is 0 Å². The molecular formula is C18H26N2O3. The van der Waals surface area contributed by atoms with Crippen LogP contribution in [0.4, 0.5) is 0 Å². The summed E-state index contributed by atoms with van der Waals surface area (Å²) in [6, 6.07) is 7.90. The molecule has 3 rings (SSSR count). The number of carbonyl (C=O) groups is 1. The lowest BCUT2D eigenvalue weighted by Crippen LogP contribution is -2.44. The maximum atomic E-state index is 12.9. The number of fused-ring (bicyclic) bond motifs is 1. The van der Waals surface area contributed by atoms with E-state index in [0.717, 1.165) is 56.7 Å². The molecule has 2 heterocycles. The van der Waals surface area contributed by atoms with E-state index in [1.165, 1.54) is 0 Å². The fraction of sp³-hybridized carbons (Fsp3) is 0.611. The van der Waals surface area contributed by atoms with Gasteiger partial charge in [0.2, 0.25) is 5.91 Å². The quantitative estimate of drug-likeness (QED) is 0.842. The molecule has 5 nitrogen and oxygen atoms in total. The van der Waals surface area contributed by atoms with Crippen LogP contribution in [0.1, 0.15) is 37.2 Å². The van der Waals surface area contributed by atoms with Crippen LogP contribution in [-0.2, 0) is 9.53 Å². The van der Waals surface area contributed by atoms with E-state index in [1.54, 1.807) is 0 Å². The summed E-state index contributed by atoms with van der Waals surface area (Å²) in [6.07, 6.45) is 3.77. The number of likely N-dealkylation sites (tertiary alicyclic amines) is 1. The highest BCUT2D eigenvalue weighted by Crippen LogP contribution is 2.35. The van der Waals surface area contributed by atoms with E-state index < -0.39 is 0 Å². The first-order valence-corrected chi connectivity index (χ1v) is 8.62. The molecule has 1 amide bonds. The van der Waals surface area contributed by atoms with Gasteiger partial charge in [0.15, 0.2) is 0 Å². The molecule has 0 aromatic heterocycles. The largest absolute Gasteiger partial charge is 0.493 e. The van der Waals surface area contributed by atoms with E-state index in [9.17, 15) is 4.79 Å². The van der Waals surface area contributed by atoms with E-state index in [0.29, 0.717) is 13.2 Å². The molecule has 1 atom stereocenters. The summed E-state index contributed by atoms with van der Waals surface area (Å²) in [4.78, 5) is 14.9. The first kappa shape index (κ1) is 16.3. The van der Waals surface area contributed by atoms with E-state index in [-0.39, 0.29) is 17.9 Å². The lowest BCUT2D eigenvalue weighted by molar-refractivity contribution is -0.136. The van der Waals surface area contributed by atoms with Crippen molar-refractivity contribution >= 4 is 5.91 Å². The predicted octanol–water partition coefficient (Wildman–Crippen LogP) is 1.91. The number of para-hydroxylation sites is 1. The van der Waals surface area contributed by atoms with E-state index >= 15 is 0 Å². The molecule has 0 bridgehead atoms. The van der Waals surface area contributed by atoms with Crippen molar-refractivity contribution in [2.45, 2.75) is 37.7 Å². The molecule has 0 radical (unpaired) electrons. The Hall–Kier alpha value is -1.59. The van der Waals surface area contributed by atoms with Gasteiger partial charge < -0.3 is 20.1 Å². The third-order valence-corrected chi connectivity index (χ3v) is 4.71. The summed E-state index contributed by atoms with van der Waals surface area (Å²) in [7, 11) is 0. The van der Waals surface area contributed by atoms with Gasteiger partial charge in [-0.15, -0.1) is 0 Å². The molecule has 2 aliphatic heterocycles. The van der Waals surface area contributed by atoms with Crippen molar-refractivity contribution in [3.05, 3.63) is 29.8 Å². The smallest absolute Gasteiger partial charge is 0.230 e. The van der Waals surface area contributed by atoms with Crippen LogP contribution in [0.25, 0.3) is 0 Å². The summed E-state index contributed by atoms with van der Waals surface area (Å²) < 4.78 is 11.5.